The van der Waals surface area contributed by atoms with E-state index in [-0.39, 0.29) is 0 Å². The second kappa shape index (κ2) is 5.74. The molecule has 19 heavy (non-hydrogen) atoms. The summed E-state index contributed by atoms with van der Waals surface area (Å²) < 4.78 is 2.36. The Balaban J connectivity index is 2.46. The van der Waals surface area contributed by atoms with E-state index in [1.54, 1.807) is 0 Å². The number of nitrogens with two attached hydrogens (primary N) is 1. The Morgan fingerprint density at radius 3 is 2.53 bits per heavy atom. The zero-order valence-corrected chi connectivity index (χ0v) is 12.5. The lowest BCUT2D eigenvalue weighted by atomic mass is 10.1. The van der Waals surface area contributed by atoms with Gasteiger partial charge in [0.2, 0.25) is 0 Å². The van der Waals surface area contributed by atoms with Crippen LogP contribution in [0, 0.1) is 5.92 Å². The van der Waals surface area contributed by atoms with Gasteiger partial charge in [-0.25, -0.2) is 4.98 Å². The molecule has 104 valence electrons. The SMILES string of the molecule is CC(C)CCc1nc2cc(CN)ccc2n1C(C)C. The molecule has 2 rings (SSSR count). The number of hydrogen-bond acceptors (Lipinski definition) is 2. The zero-order valence-electron chi connectivity index (χ0n) is 12.5. The van der Waals surface area contributed by atoms with Gasteiger partial charge in [0.25, 0.3) is 0 Å². The van der Waals surface area contributed by atoms with Gasteiger partial charge >= 0.3 is 0 Å². The Labute approximate surface area is 115 Å². The van der Waals surface area contributed by atoms with Crippen LogP contribution in [-0.2, 0) is 13.0 Å². The monoisotopic (exact) mass is 259 g/mol. The second-order valence-corrected chi connectivity index (χ2v) is 5.95. The van der Waals surface area contributed by atoms with E-state index in [0.29, 0.717) is 18.5 Å². The molecule has 1 aromatic heterocycles. The molecule has 0 amide bonds. The van der Waals surface area contributed by atoms with Crippen molar-refractivity contribution in [3.8, 4) is 0 Å². The summed E-state index contributed by atoms with van der Waals surface area (Å²) in [5, 5.41) is 0. The summed E-state index contributed by atoms with van der Waals surface area (Å²) in [6, 6.07) is 6.82. The smallest absolute Gasteiger partial charge is 0.110 e. The van der Waals surface area contributed by atoms with Crippen LogP contribution < -0.4 is 5.73 Å². The molecule has 0 atom stereocenters. The quantitative estimate of drug-likeness (QED) is 0.890. The van der Waals surface area contributed by atoms with Crippen LogP contribution in [0.1, 0.15) is 51.5 Å². The van der Waals surface area contributed by atoms with Crippen LogP contribution in [-0.4, -0.2) is 9.55 Å². The Kier molecular flexibility index (Phi) is 4.25. The highest BCUT2D eigenvalue weighted by atomic mass is 15.1. The third-order valence-corrected chi connectivity index (χ3v) is 3.52. The third kappa shape index (κ3) is 2.98. The van der Waals surface area contributed by atoms with Crippen molar-refractivity contribution in [3.05, 3.63) is 29.6 Å². The molecule has 2 aromatic rings. The first-order valence-electron chi connectivity index (χ1n) is 7.22. The van der Waals surface area contributed by atoms with Gasteiger partial charge in [0.1, 0.15) is 5.82 Å². The number of nitrogens with zero attached hydrogens (tertiary/aromatic N) is 2. The van der Waals surface area contributed by atoms with Gasteiger partial charge in [-0.2, -0.15) is 0 Å². The molecule has 0 saturated carbocycles. The van der Waals surface area contributed by atoms with Crippen LogP contribution in [0.25, 0.3) is 11.0 Å². The summed E-state index contributed by atoms with van der Waals surface area (Å²) in [5.74, 6) is 1.91. The zero-order chi connectivity index (χ0) is 14.0. The van der Waals surface area contributed by atoms with Crippen molar-refractivity contribution < 1.29 is 0 Å². The van der Waals surface area contributed by atoms with E-state index in [4.69, 9.17) is 10.7 Å². The van der Waals surface area contributed by atoms with Crippen LogP contribution in [0.5, 0.6) is 0 Å². The highest BCUT2D eigenvalue weighted by molar-refractivity contribution is 5.77. The highest BCUT2D eigenvalue weighted by Crippen LogP contribution is 2.23. The summed E-state index contributed by atoms with van der Waals surface area (Å²) in [6.07, 6.45) is 2.22. The normalized spacial score (nSPS) is 11.9. The molecule has 0 spiro atoms. The van der Waals surface area contributed by atoms with Gasteiger partial charge in [0.15, 0.2) is 0 Å². The minimum Gasteiger partial charge on any atom is -0.326 e. The van der Waals surface area contributed by atoms with Gasteiger partial charge in [-0.3, -0.25) is 0 Å². The molecule has 0 bridgehead atoms. The van der Waals surface area contributed by atoms with Crippen LogP contribution in [0.2, 0.25) is 0 Å². The van der Waals surface area contributed by atoms with Crippen molar-refractivity contribution in [1.82, 2.24) is 9.55 Å². The fourth-order valence-corrected chi connectivity index (χ4v) is 2.49. The lowest BCUT2D eigenvalue weighted by molar-refractivity contribution is 0.532. The summed E-state index contributed by atoms with van der Waals surface area (Å²) in [4.78, 5) is 4.82. The fraction of sp³-hybridized carbons (Fsp3) is 0.562. The van der Waals surface area contributed by atoms with Gasteiger partial charge in [0.05, 0.1) is 11.0 Å². The topological polar surface area (TPSA) is 43.8 Å². The maximum Gasteiger partial charge on any atom is 0.110 e. The average molecular weight is 259 g/mol. The molecule has 0 unspecified atom stereocenters. The number of aromatic nitrogens is 2. The molecule has 0 aliphatic carbocycles. The molecule has 3 heteroatoms. The Morgan fingerprint density at radius 2 is 1.95 bits per heavy atom. The maximum absolute atomic E-state index is 5.71. The van der Waals surface area contributed by atoms with Gasteiger partial charge in [0, 0.05) is 19.0 Å². The van der Waals surface area contributed by atoms with E-state index in [2.05, 4.69) is 50.5 Å². The van der Waals surface area contributed by atoms with E-state index in [1.807, 2.05) is 0 Å². The third-order valence-electron chi connectivity index (χ3n) is 3.52. The summed E-state index contributed by atoms with van der Waals surface area (Å²) in [6.45, 7) is 9.53. The van der Waals surface area contributed by atoms with Gasteiger partial charge < -0.3 is 10.3 Å². The first kappa shape index (κ1) is 14.1. The van der Waals surface area contributed by atoms with E-state index < -0.39 is 0 Å². The minimum atomic E-state index is 0.441. The molecule has 0 aliphatic rings. The van der Waals surface area contributed by atoms with Crippen LogP contribution in [0.3, 0.4) is 0 Å². The van der Waals surface area contributed by atoms with Crippen molar-refractivity contribution in [2.45, 2.75) is 53.1 Å². The van der Waals surface area contributed by atoms with E-state index in [9.17, 15) is 0 Å². The standard InChI is InChI=1S/C16H25N3/c1-11(2)5-8-16-18-14-9-13(10-17)6-7-15(14)19(16)12(3)4/h6-7,9,11-12H,5,8,10,17H2,1-4H3. The minimum absolute atomic E-state index is 0.441. The summed E-state index contributed by atoms with van der Waals surface area (Å²) in [7, 11) is 0. The van der Waals surface area contributed by atoms with Crippen molar-refractivity contribution in [1.29, 1.82) is 0 Å². The second-order valence-electron chi connectivity index (χ2n) is 5.95. The van der Waals surface area contributed by atoms with Gasteiger partial charge in [-0.15, -0.1) is 0 Å². The fourth-order valence-electron chi connectivity index (χ4n) is 2.49. The number of benzene rings is 1. The Bertz CT molecular complexity index is 552. The molecule has 3 nitrogen and oxygen atoms in total. The van der Waals surface area contributed by atoms with E-state index in [0.717, 1.165) is 17.5 Å². The lowest BCUT2D eigenvalue weighted by Crippen LogP contribution is -2.07. The largest absolute Gasteiger partial charge is 0.326 e. The molecule has 0 saturated heterocycles. The van der Waals surface area contributed by atoms with Crippen LogP contribution >= 0.6 is 0 Å². The maximum atomic E-state index is 5.71. The molecule has 1 aromatic carbocycles. The predicted octanol–water partition coefficient (Wildman–Crippen LogP) is 3.66. The summed E-state index contributed by atoms with van der Waals surface area (Å²) >= 11 is 0. The van der Waals surface area contributed by atoms with E-state index in [1.165, 1.54) is 17.8 Å². The van der Waals surface area contributed by atoms with E-state index >= 15 is 0 Å². The van der Waals surface area contributed by atoms with Crippen molar-refractivity contribution in [2.24, 2.45) is 11.7 Å². The molecular weight excluding hydrogens is 234 g/mol. The average Bonchev–Trinajstić information content (AvgIpc) is 2.73. The predicted molar refractivity (Wildman–Crippen MR) is 81.2 cm³/mol. The molecule has 0 fully saturated rings. The van der Waals surface area contributed by atoms with Crippen LogP contribution in [0.4, 0.5) is 0 Å². The number of fused-ring (bicyclic) bond motifs is 1. The molecule has 1 heterocycles. The number of hydrogen-bond donors (Lipinski definition) is 1. The van der Waals surface area contributed by atoms with Crippen molar-refractivity contribution in [2.75, 3.05) is 0 Å². The Morgan fingerprint density at radius 1 is 1.21 bits per heavy atom. The molecule has 0 radical (unpaired) electrons. The molecule has 0 aliphatic heterocycles. The van der Waals surface area contributed by atoms with Crippen LogP contribution in [0.15, 0.2) is 18.2 Å². The lowest BCUT2D eigenvalue weighted by Gasteiger charge is -2.13. The first-order valence-corrected chi connectivity index (χ1v) is 7.22. The number of aryl methyl sites for hydroxylation is 1. The highest BCUT2D eigenvalue weighted by Gasteiger charge is 2.13. The van der Waals surface area contributed by atoms with Crippen molar-refractivity contribution >= 4 is 11.0 Å². The van der Waals surface area contributed by atoms with Gasteiger partial charge in [-0.1, -0.05) is 19.9 Å². The molecular formula is C16H25N3. The first-order chi connectivity index (χ1) is 9.02. The summed E-state index contributed by atoms with van der Waals surface area (Å²) in [5.41, 5.74) is 9.17. The molecule has 2 N–H and O–H groups in total. The number of rotatable bonds is 5. The Hall–Kier alpha value is -1.35. The van der Waals surface area contributed by atoms with Gasteiger partial charge in [-0.05, 0) is 43.9 Å². The number of imidazole rings is 1. The van der Waals surface area contributed by atoms with Crippen molar-refractivity contribution in [3.63, 3.8) is 0 Å².